The largest absolute Gasteiger partial charge is 0.493 e. The minimum atomic E-state index is -0.711. The number of amides is 1. The number of carbonyl (C=O) groups is 1. The third-order valence-electron chi connectivity index (χ3n) is 6.31. The summed E-state index contributed by atoms with van der Waals surface area (Å²) in [6, 6.07) is 12.9. The van der Waals surface area contributed by atoms with Crippen LogP contribution in [0.2, 0.25) is 0 Å². The average Bonchev–Trinajstić information content (AvgIpc) is 3.37. The van der Waals surface area contributed by atoms with Gasteiger partial charge in [0.1, 0.15) is 11.9 Å². The Balaban J connectivity index is 1.58. The second kappa shape index (κ2) is 11.7. The van der Waals surface area contributed by atoms with Crippen molar-refractivity contribution in [3.8, 4) is 17.2 Å². The first-order valence-corrected chi connectivity index (χ1v) is 13.2. The van der Waals surface area contributed by atoms with E-state index in [0.717, 1.165) is 0 Å². The topological polar surface area (TPSA) is 112 Å². The van der Waals surface area contributed by atoms with E-state index >= 15 is 0 Å². The summed E-state index contributed by atoms with van der Waals surface area (Å²) in [5.41, 5.74) is 2.73. The number of benzene rings is 2. The summed E-state index contributed by atoms with van der Waals surface area (Å²) in [4.78, 5) is 22.4. The molecule has 0 unspecified atom stereocenters. The second-order valence-electron chi connectivity index (χ2n) is 8.76. The fraction of sp³-hybridized carbons (Fsp3) is 0.214. The van der Waals surface area contributed by atoms with E-state index < -0.39 is 6.04 Å². The van der Waals surface area contributed by atoms with Crippen LogP contribution < -0.4 is 24.8 Å². The number of ether oxygens (including phenoxy) is 3. The van der Waals surface area contributed by atoms with Gasteiger partial charge in [-0.25, -0.2) is 9.07 Å². The van der Waals surface area contributed by atoms with Crippen molar-refractivity contribution >= 4 is 29.3 Å². The normalized spacial score (nSPS) is 14.3. The van der Waals surface area contributed by atoms with Crippen molar-refractivity contribution in [3.63, 3.8) is 0 Å². The zero-order valence-corrected chi connectivity index (χ0v) is 23.1. The molecule has 0 spiro atoms. The average molecular weight is 563 g/mol. The first kappa shape index (κ1) is 27.0. The molecule has 2 aromatic heterocycles. The maximum absolute atomic E-state index is 14.2. The van der Waals surface area contributed by atoms with Crippen molar-refractivity contribution in [2.45, 2.75) is 23.9 Å². The van der Waals surface area contributed by atoms with E-state index in [9.17, 15) is 9.18 Å². The van der Waals surface area contributed by atoms with Gasteiger partial charge in [0.15, 0.2) is 11.5 Å². The van der Waals surface area contributed by atoms with Gasteiger partial charge in [-0.15, -0.1) is 5.10 Å². The molecule has 2 N–H and O–H groups in total. The van der Waals surface area contributed by atoms with Crippen LogP contribution in [0.4, 0.5) is 16.0 Å². The molecular formula is C28H27FN6O4S. The minimum absolute atomic E-state index is 0.292. The van der Waals surface area contributed by atoms with Gasteiger partial charge >= 0.3 is 0 Å². The zero-order valence-electron chi connectivity index (χ0n) is 22.3. The van der Waals surface area contributed by atoms with Crippen molar-refractivity contribution < 1.29 is 23.4 Å². The lowest BCUT2D eigenvalue weighted by Gasteiger charge is -2.29. The van der Waals surface area contributed by atoms with Gasteiger partial charge in [0.2, 0.25) is 16.9 Å². The second-order valence-corrected chi connectivity index (χ2v) is 9.71. The van der Waals surface area contributed by atoms with Crippen molar-refractivity contribution in [1.82, 2.24) is 19.7 Å². The van der Waals surface area contributed by atoms with Crippen LogP contribution in [0.5, 0.6) is 17.2 Å². The molecule has 0 aliphatic carbocycles. The molecule has 40 heavy (non-hydrogen) atoms. The number of aromatic nitrogens is 4. The number of pyridine rings is 1. The number of methoxy groups -OCH3 is 3. The fourth-order valence-electron chi connectivity index (χ4n) is 4.45. The summed E-state index contributed by atoms with van der Waals surface area (Å²) in [6.45, 7) is 1.80. The van der Waals surface area contributed by atoms with Gasteiger partial charge in [-0.05, 0) is 48.4 Å². The summed E-state index contributed by atoms with van der Waals surface area (Å²) in [5, 5.41) is 11.3. The Morgan fingerprint density at radius 1 is 1.10 bits per heavy atom. The number of anilines is 2. The predicted octanol–water partition coefficient (Wildman–Crippen LogP) is 5.06. The maximum Gasteiger partial charge on any atom is 0.255 e. The Bertz CT molecular complexity index is 1550. The lowest BCUT2D eigenvalue weighted by Crippen LogP contribution is -2.31. The smallest absolute Gasteiger partial charge is 0.255 e. The number of nitrogens with one attached hydrogen (secondary N) is 2. The summed E-state index contributed by atoms with van der Waals surface area (Å²) in [7, 11) is 4.58. The van der Waals surface area contributed by atoms with Crippen LogP contribution in [0.25, 0.3) is 0 Å². The Hall–Kier alpha value is -4.58. The molecule has 206 valence electrons. The van der Waals surface area contributed by atoms with Crippen LogP contribution in [-0.4, -0.2) is 47.0 Å². The summed E-state index contributed by atoms with van der Waals surface area (Å²) in [6.07, 6.45) is 3.19. The van der Waals surface area contributed by atoms with Gasteiger partial charge < -0.3 is 24.8 Å². The number of fused-ring (bicyclic) bond motifs is 1. The molecule has 1 atom stereocenters. The molecule has 0 bridgehead atoms. The van der Waals surface area contributed by atoms with Gasteiger partial charge in [0, 0.05) is 17.6 Å². The Morgan fingerprint density at radius 3 is 2.50 bits per heavy atom. The molecule has 3 heterocycles. The number of nitrogens with zero attached hydrogens (tertiary/aromatic N) is 4. The molecule has 1 aliphatic rings. The van der Waals surface area contributed by atoms with E-state index in [1.54, 1.807) is 66.5 Å². The van der Waals surface area contributed by atoms with E-state index in [4.69, 9.17) is 19.3 Å². The quantitative estimate of drug-likeness (QED) is 0.270. The molecule has 5 rings (SSSR count). The third-order valence-corrected chi connectivity index (χ3v) is 7.20. The number of carbonyl (C=O) groups excluding carboxylic acids is 1. The summed E-state index contributed by atoms with van der Waals surface area (Å²) in [5.74, 6) is 1.41. The fourth-order valence-corrected chi connectivity index (χ4v) is 5.26. The summed E-state index contributed by atoms with van der Waals surface area (Å²) < 4.78 is 32.5. The van der Waals surface area contributed by atoms with Crippen molar-refractivity contribution in [2.24, 2.45) is 0 Å². The number of hydrogen-bond acceptors (Lipinski definition) is 9. The van der Waals surface area contributed by atoms with Crippen LogP contribution in [-0.2, 0) is 10.5 Å². The van der Waals surface area contributed by atoms with Gasteiger partial charge in [-0.1, -0.05) is 30.0 Å². The van der Waals surface area contributed by atoms with Crippen LogP contribution in [0.15, 0.2) is 77.4 Å². The first-order chi connectivity index (χ1) is 19.4. The zero-order chi connectivity index (χ0) is 28.2. The molecule has 4 aromatic rings. The monoisotopic (exact) mass is 562 g/mol. The molecule has 1 amide bonds. The van der Waals surface area contributed by atoms with Crippen molar-refractivity contribution in [1.29, 1.82) is 0 Å². The molecule has 0 saturated carbocycles. The number of halogens is 1. The molecule has 10 nitrogen and oxygen atoms in total. The van der Waals surface area contributed by atoms with Gasteiger partial charge in [-0.2, -0.15) is 4.98 Å². The number of rotatable bonds is 9. The van der Waals surface area contributed by atoms with E-state index in [-0.39, 0.29) is 11.7 Å². The maximum atomic E-state index is 14.2. The Morgan fingerprint density at radius 2 is 1.85 bits per heavy atom. The first-order valence-electron chi connectivity index (χ1n) is 12.2. The molecule has 1 aliphatic heterocycles. The number of thioether (sulfide) groups is 1. The minimum Gasteiger partial charge on any atom is -0.493 e. The van der Waals surface area contributed by atoms with Crippen LogP contribution in [0.1, 0.15) is 24.1 Å². The third kappa shape index (κ3) is 5.30. The molecule has 0 saturated heterocycles. The van der Waals surface area contributed by atoms with Crippen LogP contribution >= 0.6 is 11.8 Å². The lowest BCUT2D eigenvalue weighted by molar-refractivity contribution is -0.113. The van der Waals surface area contributed by atoms with E-state index in [1.165, 1.54) is 39.2 Å². The SMILES string of the molecule is COc1cc([C@H]2C(C(=O)Nc3cccnc3)=C(C)Nc3nc(SCc4ccccc4F)nn32)cc(OC)c1OC. The molecule has 0 fully saturated rings. The van der Waals surface area contributed by atoms with E-state index in [1.807, 2.05) is 0 Å². The molecule has 2 aromatic carbocycles. The number of allylic oxidation sites excluding steroid dienone is 1. The highest BCUT2D eigenvalue weighted by molar-refractivity contribution is 7.98. The lowest BCUT2D eigenvalue weighted by atomic mass is 9.94. The Kier molecular flexibility index (Phi) is 7.87. The highest BCUT2D eigenvalue weighted by Crippen LogP contribution is 2.44. The highest BCUT2D eigenvalue weighted by Gasteiger charge is 2.36. The number of hydrogen-bond donors (Lipinski definition) is 2. The van der Waals surface area contributed by atoms with Gasteiger partial charge in [0.25, 0.3) is 5.91 Å². The molecule has 12 heteroatoms. The molecular weight excluding hydrogens is 535 g/mol. The molecule has 0 radical (unpaired) electrons. The van der Waals surface area contributed by atoms with Gasteiger partial charge in [-0.3, -0.25) is 9.78 Å². The van der Waals surface area contributed by atoms with Crippen molar-refractivity contribution in [2.75, 3.05) is 32.0 Å². The van der Waals surface area contributed by atoms with E-state index in [0.29, 0.717) is 62.2 Å². The highest BCUT2D eigenvalue weighted by atomic mass is 32.2. The predicted molar refractivity (Wildman–Crippen MR) is 149 cm³/mol. The Labute approximate surface area is 234 Å². The summed E-state index contributed by atoms with van der Waals surface area (Å²) >= 11 is 1.29. The standard InChI is InChI=1S/C28H27FN6O4S/c1-16-23(26(36)32-19-9-7-11-30-14-19)24(18-12-21(37-2)25(39-4)22(13-18)38-3)35-27(31-16)33-28(34-35)40-15-17-8-5-6-10-20(17)29/h5-14,24H,15H2,1-4H3,(H,32,36)(H,31,33,34)/t24-/m0/s1. The van der Waals surface area contributed by atoms with Crippen LogP contribution in [0, 0.1) is 5.82 Å². The van der Waals surface area contributed by atoms with Gasteiger partial charge in [0.05, 0.1) is 38.8 Å². The van der Waals surface area contributed by atoms with Crippen LogP contribution in [0.3, 0.4) is 0 Å². The van der Waals surface area contributed by atoms with E-state index in [2.05, 4.69) is 20.6 Å². The van der Waals surface area contributed by atoms with Crippen molar-refractivity contribution in [3.05, 3.63) is 89.1 Å².